The maximum absolute atomic E-state index is 12.8. The van der Waals surface area contributed by atoms with Crippen LogP contribution in [0.1, 0.15) is 41.9 Å². The maximum atomic E-state index is 12.8. The molecule has 0 fully saturated rings. The van der Waals surface area contributed by atoms with Crippen molar-refractivity contribution in [3.05, 3.63) is 77.1 Å². The number of amides is 1. The van der Waals surface area contributed by atoms with E-state index >= 15 is 0 Å². The average molecular weight is 386 g/mol. The highest BCUT2D eigenvalue weighted by molar-refractivity contribution is 5.92. The van der Waals surface area contributed by atoms with E-state index in [-0.39, 0.29) is 11.9 Å². The fraction of sp³-hybridized carbons (Fsp3) is 0.292. The fourth-order valence-electron chi connectivity index (χ4n) is 3.92. The van der Waals surface area contributed by atoms with Gasteiger partial charge in [-0.3, -0.25) is 4.79 Å². The first-order chi connectivity index (χ1) is 14.0. The first-order valence-corrected chi connectivity index (χ1v) is 10.0. The smallest absolute Gasteiger partial charge is 0.223 e. The first kappa shape index (κ1) is 19.1. The molecule has 29 heavy (non-hydrogen) atoms. The van der Waals surface area contributed by atoms with Gasteiger partial charge in [0.25, 0.3) is 0 Å². The zero-order chi connectivity index (χ0) is 20.5. The number of nitrogens with zero attached hydrogens (tertiary/aromatic N) is 4. The number of aromatic nitrogens is 3. The predicted molar refractivity (Wildman–Crippen MR) is 116 cm³/mol. The molecule has 4 aromatic rings. The van der Waals surface area contributed by atoms with Crippen molar-refractivity contribution in [3.63, 3.8) is 0 Å². The summed E-state index contributed by atoms with van der Waals surface area (Å²) in [7, 11) is 1.88. The van der Waals surface area contributed by atoms with Crippen molar-refractivity contribution in [2.24, 2.45) is 0 Å². The van der Waals surface area contributed by atoms with Crippen LogP contribution in [0.25, 0.3) is 16.6 Å². The Morgan fingerprint density at radius 1 is 1.07 bits per heavy atom. The molecule has 0 aliphatic rings. The van der Waals surface area contributed by atoms with Gasteiger partial charge < -0.3 is 4.90 Å². The Bertz CT molecular complexity index is 1180. The molecule has 5 nitrogen and oxygen atoms in total. The molecule has 1 atom stereocenters. The van der Waals surface area contributed by atoms with Gasteiger partial charge in [-0.25, -0.2) is 9.50 Å². The van der Waals surface area contributed by atoms with Crippen LogP contribution >= 0.6 is 0 Å². The Hall–Kier alpha value is -3.21. The van der Waals surface area contributed by atoms with Gasteiger partial charge in [0.1, 0.15) is 0 Å². The van der Waals surface area contributed by atoms with Crippen LogP contribution in [0, 0.1) is 13.8 Å². The van der Waals surface area contributed by atoms with E-state index in [0.29, 0.717) is 12.8 Å². The summed E-state index contributed by atoms with van der Waals surface area (Å²) in [5, 5.41) is 5.76. The van der Waals surface area contributed by atoms with Crippen molar-refractivity contribution in [3.8, 4) is 0 Å². The Kier molecular flexibility index (Phi) is 5.05. The van der Waals surface area contributed by atoms with E-state index in [9.17, 15) is 4.79 Å². The third-order valence-corrected chi connectivity index (χ3v) is 5.86. The number of aryl methyl sites for hydroxylation is 2. The van der Waals surface area contributed by atoms with Gasteiger partial charge in [0.2, 0.25) is 5.91 Å². The molecule has 0 N–H and O–H groups in total. The lowest BCUT2D eigenvalue weighted by molar-refractivity contribution is -0.131. The molecule has 148 valence electrons. The van der Waals surface area contributed by atoms with Gasteiger partial charge in [0.05, 0.1) is 11.6 Å². The second kappa shape index (κ2) is 7.66. The molecule has 2 aromatic heterocycles. The molecule has 0 unspecified atom stereocenters. The van der Waals surface area contributed by atoms with E-state index in [2.05, 4.69) is 26.0 Å². The summed E-state index contributed by atoms with van der Waals surface area (Å²) in [5.74, 6) is 0.130. The molecule has 1 amide bonds. The van der Waals surface area contributed by atoms with Gasteiger partial charge in [-0.15, -0.1) is 0 Å². The van der Waals surface area contributed by atoms with Crippen LogP contribution in [0.3, 0.4) is 0 Å². The number of benzene rings is 2. The largest absolute Gasteiger partial charge is 0.339 e. The molecule has 2 aromatic carbocycles. The highest BCUT2D eigenvalue weighted by Crippen LogP contribution is 2.24. The Balaban J connectivity index is 1.56. The number of rotatable bonds is 5. The summed E-state index contributed by atoms with van der Waals surface area (Å²) >= 11 is 0. The third-order valence-electron chi connectivity index (χ3n) is 5.86. The Morgan fingerprint density at radius 3 is 2.52 bits per heavy atom. The molecule has 2 heterocycles. The third kappa shape index (κ3) is 3.48. The van der Waals surface area contributed by atoms with Crippen LogP contribution in [0.5, 0.6) is 0 Å². The fourth-order valence-corrected chi connectivity index (χ4v) is 3.92. The van der Waals surface area contributed by atoms with E-state index in [1.165, 1.54) is 0 Å². The van der Waals surface area contributed by atoms with Crippen LogP contribution < -0.4 is 0 Å². The van der Waals surface area contributed by atoms with Crippen molar-refractivity contribution in [2.45, 2.75) is 39.7 Å². The standard InChI is InChI=1S/C24H26N4O/c1-16-20(14-15-23(29)27(4)17(2)19-10-6-5-7-11-19)18(3)28-24(25-16)21-12-8-9-13-22(21)26-28/h5-13,17H,14-15H2,1-4H3/t17-/m1/s1. The van der Waals surface area contributed by atoms with Gasteiger partial charge in [-0.2, -0.15) is 5.10 Å². The minimum absolute atomic E-state index is 0.0444. The Morgan fingerprint density at radius 2 is 1.76 bits per heavy atom. The van der Waals surface area contributed by atoms with Crippen LogP contribution in [-0.2, 0) is 11.2 Å². The quantitative estimate of drug-likeness (QED) is 0.502. The van der Waals surface area contributed by atoms with Gasteiger partial charge in [0, 0.05) is 30.2 Å². The van der Waals surface area contributed by atoms with Crippen molar-refractivity contribution >= 4 is 22.5 Å². The topological polar surface area (TPSA) is 50.5 Å². The number of carbonyl (C=O) groups is 1. The maximum Gasteiger partial charge on any atom is 0.223 e. The number of fused-ring (bicyclic) bond motifs is 3. The second-order valence-corrected chi connectivity index (χ2v) is 7.61. The lowest BCUT2D eigenvalue weighted by Gasteiger charge is -2.25. The minimum atomic E-state index is 0.0444. The molecule has 0 saturated carbocycles. The van der Waals surface area contributed by atoms with Gasteiger partial charge >= 0.3 is 0 Å². The van der Waals surface area contributed by atoms with Gasteiger partial charge in [-0.05, 0) is 50.5 Å². The zero-order valence-corrected chi connectivity index (χ0v) is 17.4. The van der Waals surface area contributed by atoms with Crippen LogP contribution in [-0.4, -0.2) is 32.5 Å². The summed E-state index contributed by atoms with van der Waals surface area (Å²) in [5.41, 5.74) is 6.07. The highest BCUT2D eigenvalue weighted by atomic mass is 16.2. The van der Waals surface area contributed by atoms with Crippen molar-refractivity contribution in [1.29, 1.82) is 0 Å². The molecule has 4 rings (SSSR count). The van der Waals surface area contributed by atoms with Crippen LogP contribution in [0.2, 0.25) is 0 Å². The molecule has 5 heteroatoms. The van der Waals surface area contributed by atoms with Gasteiger partial charge in [-0.1, -0.05) is 42.5 Å². The summed E-state index contributed by atoms with van der Waals surface area (Å²) in [6.07, 6.45) is 1.10. The molecular weight excluding hydrogens is 360 g/mol. The molecule has 0 bridgehead atoms. The highest BCUT2D eigenvalue weighted by Gasteiger charge is 2.19. The van der Waals surface area contributed by atoms with E-state index in [4.69, 9.17) is 10.1 Å². The summed E-state index contributed by atoms with van der Waals surface area (Å²) < 4.78 is 1.91. The normalized spacial score (nSPS) is 12.4. The number of hydrogen-bond donors (Lipinski definition) is 0. The molecule has 0 saturated heterocycles. The van der Waals surface area contributed by atoms with E-state index < -0.39 is 0 Å². The van der Waals surface area contributed by atoms with E-state index in [1.807, 2.05) is 65.9 Å². The average Bonchev–Trinajstić information content (AvgIpc) is 3.12. The molecule has 0 spiro atoms. The molecule has 0 radical (unpaired) electrons. The summed E-state index contributed by atoms with van der Waals surface area (Å²) in [6, 6.07) is 18.2. The summed E-state index contributed by atoms with van der Waals surface area (Å²) in [6.45, 7) is 6.14. The SMILES string of the molecule is Cc1nc2c3ccccc3nn2c(C)c1CCC(=O)N(C)[C@H](C)c1ccccc1. The number of hydrogen-bond acceptors (Lipinski definition) is 3. The van der Waals surface area contributed by atoms with Crippen molar-refractivity contribution in [2.75, 3.05) is 7.05 Å². The summed E-state index contributed by atoms with van der Waals surface area (Å²) in [4.78, 5) is 19.5. The van der Waals surface area contributed by atoms with Crippen molar-refractivity contribution < 1.29 is 4.79 Å². The molecular formula is C24H26N4O. The molecule has 0 aliphatic carbocycles. The minimum Gasteiger partial charge on any atom is -0.339 e. The van der Waals surface area contributed by atoms with Gasteiger partial charge in [0.15, 0.2) is 5.65 Å². The van der Waals surface area contributed by atoms with E-state index in [1.54, 1.807) is 0 Å². The second-order valence-electron chi connectivity index (χ2n) is 7.61. The van der Waals surface area contributed by atoms with E-state index in [0.717, 1.165) is 39.1 Å². The monoisotopic (exact) mass is 386 g/mol. The first-order valence-electron chi connectivity index (χ1n) is 10.0. The predicted octanol–water partition coefficient (Wildman–Crippen LogP) is 4.65. The van der Waals surface area contributed by atoms with Crippen LogP contribution in [0.4, 0.5) is 0 Å². The number of carbonyl (C=O) groups excluding carboxylic acids is 1. The van der Waals surface area contributed by atoms with Crippen LogP contribution in [0.15, 0.2) is 54.6 Å². The molecule has 0 aliphatic heterocycles. The zero-order valence-electron chi connectivity index (χ0n) is 17.4. The lowest BCUT2D eigenvalue weighted by atomic mass is 10.0. The Labute approximate surface area is 171 Å². The lowest BCUT2D eigenvalue weighted by Crippen LogP contribution is -2.30. The van der Waals surface area contributed by atoms with Crippen molar-refractivity contribution in [1.82, 2.24) is 19.5 Å².